The van der Waals surface area contributed by atoms with Crippen LogP contribution in [0, 0.1) is 0 Å². The number of rotatable bonds is 8. The lowest BCUT2D eigenvalue weighted by molar-refractivity contribution is -0.125. The molecule has 0 aliphatic carbocycles. The van der Waals surface area contributed by atoms with Crippen molar-refractivity contribution < 1.29 is 9.90 Å². The molecule has 0 spiro atoms. The number of hydrogen-bond donors (Lipinski definition) is 1. The van der Waals surface area contributed by atoms with E-state index in [-0.39, 0.29) is 18.3 Å². The van der Waals surface area contributed by atoms with Gasteiger partial charge < -0.3 is 10.0 Å². The molecular weight excluding hydrogens is 482 g/mol. The molecule has 0 radical (unpaired) electrons. The second-order valence-corrected chi connectivity index (χ2v) is 10.0. The fraction of sp³-hybridized carbons (Fsp3) is 0.387. The first kappa shape index (κ1) is 27.3. The number of hydrogen-bond acceptors (Lipinski definition) is 4. The minimum absolute atomic E-state index is 0. The van der Waals surface area contributed by atoms with Gasteiger partial charge in [0.25, 0.3) is 5.91 Å². The van der Waals surface area contributed by atoms with Crippen LogP contribution in [0.2, 0.25) is 0 Å². The molecule has 1 amide bonds. The average Bonchev–Trinajstić information content (AvgIpc) is 3.19. The molecule has 5 nitrogen and oxygen atoms in total. The molecule has 0 aromatic heterocycles. The minimum Gasteiger partial charge on any atom is -0.385 e. The van der Waals surface area contributed by atoms with Gasteiger partial charge in [-0.15, -0.1) is 12.4 Å². The molecule has 0 bridgehead atoms. The summed E-state index contributed by atoms with van der Waals surface area (Å²) in [5.74, 6) is 0.136. The maximum atomic E-state index is 14.4. The summed E-state index contributed by atoms with van der Waals surface area (Å²) < 4.78 is 0. The van der Waals surface area contributed by atoms with E-state index in [9.17, 15) is 9.90 Å². The van der Waals surface area contributed by atoms with Gasteiger partial charge in [0.15, 0.2) is 0 Å². The van der Waals surface area contributed by atoms with Gasteiger partial charge in [0.1, 0.15) is 5.41 Å². The second kappa shape index (κ2) is 11.4. The van der Waals surface area contributed by atoms with Crippen LogP contribution in [0.3, 0.4) is 0 Å². The summed E-state index contributed by atoms with van der Waals surface area (Å²) in [4.78, 5) is 16.8. The number of amides is 1. The predicted octanol–water partition coefficient (Wildman–Crippen LogP) is 5.37. The summed E-state index contributed by atoms with van der Waals surface area (Å²) in [7, 11) is 0. The van der Waals surface area contributed by atoms with Crippen LogP contribution < -0.4 is 5.01 Å². The Bertz CT molecular complexity index is 1180. The van der Waals surface area contributed by atoms with Crippen LogP contribution in [0.4, 0.5) is 5.69 Å². The van der Waals surface area contributed by atoms with E-state index in [0.717, 1.165) is 55.1 Å². The molecule has 2 aliphatic heterocycles. The van der Waals surface area contributed by atoms with Crippen molar-refractivity contribution in [3.8, 4) is 0 Å². The third-order valence-electron chi connectivity index (χ3n) is 8.23. The summed E-state index contributed by atoms with van der Waals surface area (Å²) in [6, 6.07) is 28.6. The van der Waals surface area contributed by atoms with E-state index >= 15 is 0 Å². The second-order valence-electron chi connectivity index (χ2n) is 10.0. The molecule has 1 fully saturated rings. The highest BCUT2D eigenvalue weighted by atomic mass is 35.5. The molecule has 1 N–H and O–H groups in total. The zero-order valence-electron chi connectivity index (χ0n) is 21.8. The third kappa shape index (κ3) is 4.82. The van der Waals surface area contributed by atoms with Gasteiger partial charge in [-0.1, -0.05) is 92.7 Å². The fourth-order valence-electron chi connectivity index (χ4n) is 6.11. The van der Waals surface area contributed by atoms with E-state index < -0.39 is 11.0 Å². The number of fused-ring (bicyclic) bond motifs is 1. The summed E-state index contributed by atoms with van der Waals surface area (Å²) >= 11 is 0. The highest BCUT2D eigenvalue weighted by Crippen LogP contribution is 2.49. The number of carbonyl (C=O) groups is 1. The van der Waals surface area contributed by atoms with Gasteiger partial charge in [0.2, 0.25) is 0 Å². The first-order valence-corrected chi connectivity index (χ1v) is 13.3. The summed E-state index contributed by atoms with van der Waals surface area (Å²) in [6.45, 7) is 8.16. The van der Waals surface area contributed by atoms with E-state index in [1.165, 1.54) is 0 Å². The standard InChI is InChI=1S/C31H37N3O2.ClH/c1-3-33(4-2)34-28-18-12-11-17-27(28)31(29(34)35,26-15-9-6-10-16-26)21-24-32-22-19-30(36,20-23-32)25-13-7-5-8-14-25;/h5-18,36H,3-4,19-24H2,1-2H3;1H. The number of para-hydroxylation sites is 1. The highest BCUT2D eigenvalue weighted by molar-refractivity contribution is 6.09. The van der Waals surface area contributed by atoms with E-state index in [1.807, 2.05) is 59.6 Å². The van der Waals surface area contributed by atoms with Crippen molar-refractivity contribution in [3.63, 3.8) is 0 Å². The summed E-state index contributed by atoms with van der Waals surface area (Å²) in [6.07, 6.45) is 2.10. The average molecular weight is 520 g/mol. The van der Waals surface area contributed by atoms with E-state index in [2.05, 4.69) is 54.1 Å². The van der Waals surface area contributed by atoms with Crippen LogP contribution in [0.1, 0.15) is 49.8 Å². The molecule has 196 valence electrons. The van der Waals surface area contributed by atoms with Gasteiger partial charge in [-0.2, -0.15) is 0 Å². The van der Waals surface area contributed by atoms with Crippen molar-refractivity contribution in [3.05, 3.63) is 102 Å². The van der Waals surface area contributed by atoms with Crippen LogP contribution >= 0.6 is 12.4 Å². The molecule has 6 heteroatoms. The first-order chi connectivity index (χ1) is 17.5. The molecular formula is C31H38ClN3O2. The molecule has 1 saturated heterocycles. The molecule has 5 rings (SSSR count). The number of anilines is 1. The Morgan fingerprint density at radius 1 is 0.811 bits per heavy atom. The molecule has 3 aromatic carbocycles. The highest BCUT2D eigenvalue weighted by Gasteiger charge is 2.53. The van der Waals surface area contributed by atoms with Crippen molar-refractivity contribution in [2.45, 2.75) is 44.1 Å². The monoisotopic (exact) mass is 519 g/mol. The Labute approximate surface area is 227 Å². The molecule has 2 aliphatic rings. The van der Waals surface area contributed by atoms with E-state index in [1.54, 1.807) is 0 Å². The molecule has 0 saturated carbocycles. The van der Waals surface area contributed by atoms with E-state index in [4.69, 9.17) is 0 Å². The lowest BCUT2D eigenvalue weighted by Crippen LogP contribution is -2.51. The van der Waals surface area contributed by atoms with Crippen molar-refractivity contribution in [1.82, 2.24) is 9.91 Å². The fourth-order valence-corrected chi connectivity index (χ4v) is 6.11. The van der Waals surface area contributed by atoms with Crippen molar-refractivity contribution >= 4 is 24.0 Å². The SMILES string of the molecule is CCN(CC)N1C(=O)C(CCN2CCC(O)(c3ccccc3)CC2)(c2ccccc2)c2ccccc21.Cl. The van der Waals surface area contributed by atoms with Crippen LogP contribution in [-0.4, -0.2) is 53.6 Å². The number of benzene rings is 3. The summed E-state index contributed by atoms with van der Waals surface area (Å²) in [5, 5.41) is 15.4. The Hall–Kier alpha value is -2.70. The number of carbonyl (C=O) groups excluding carboxylic acids is 1. The van der Waals surface area contributed by atoms with Crippen molar-refractivity contribution in [2.24, 2.45) is 0 Å². The summed E-state index contributed by atoms with van der Waals surface area (Å²) in [5.41, 5.74) is 2.63. The van der Waals surface area contributed by atoms with E-state index in [0.29, 0.717) is 19.3 Å². The molecule has 1 unspecified atom stereocenters. The Morgan fingerprint density at radius 3 is 1.95 bits per heavy atom. The topological polar surface area (TPSA) is 47.0 Å². The zero-order valence-corrected chi connectivity index (χ0v) is 22.7. The van der Waals surface area contributed by atoms with Crippen LogP contribution in [0.5, 0.6) is 0 Å². The Kier molecular flexibility index (Phi) is 8.39. The molecule has 3 aromatic rings. The Morgan fingerprint density at radius 2 is 1.35 bits per heavy atom. The number of nitrogens with zero attached hydrogens (tertiary/aromatic N) is 3. The number of piperidine rings is 1. The number of halogens is 1. The van der Waals surface area contributed by atoms with Crippen LogP contribution in [0.25, 0.3) is 0 Å². The van der Waals surface area contributed by atoms with Gasteiger partial charge in [0.05, 0.1) is 11.3 Å². The van der Waals surface area contributed by atoms with Crippen LogP contribution in [-0.2, 0) is 15.8 Å². The van der Waals surface area contributed by atoms with Crippen molar-refractivity contribution in [2.75, 3.05) is 37.7 Å². The third-order valence-corrected chi connectivity index (χ3v) is 8.23. The van der Waals surface area contributed by atoms with Gasteiger partial charge >= 0.3 is 0 Å². The van der Waals surface area contributed by atoms with Gasteiger partial charge in [-0.05, 0) is 48.6 Å². The first-order valence-electron chi connectivity index (χ1n) is 13.3. The normalized spacial score (nSPS) is 21.1. The van der Waals surface area contributed by atoms with Gasteiger partial charge in [0, 0.05) is 26.2 Å². The van der Waals surface area contributed by atoms with Crippen molar-refractivity contribution in [1.29, 1.82) is 0 Å². The lowest BCUT2D eigenvalue weighted by atomic mass is 9.72. The Balaban J connectivity index is 0.00000320. The number of hydrazine groups is 1. The van der Waals surface area contributed by atoms with Crippen LogP contribution in [0.15, 0.2) is 84.9 Å². The lowest BCUT2D eigenvalue weighted by Gasteiger charge is -2.40. The number of likely N-dealkylation sites (tertiary alicyclic amines) is 1. The molecule has 1 atom stereocenters. The quantitative estimate of drug-likeness (QED) is 0.434. The van der Waals surface area contributed by atoms with Gasteiger partial charge in [-0.25, -0.2) is 10.0 Å². The zero-order chi connectivity index (χ0) is 25.2. The largest absolute Gasteiger partial charge is 0.385 e. The smallest absolute Gasteiger partial charge is 0.256 e. The number of aliphatic hydroxyl groups is 1. The molecule has 37 heavy (non-hydrogen) atoms. The maximum Gasteiger partial charge on any atom is 0.256 e. The maximum absolute atomic E-state index is 14.4. The molecule has 2 heterocycles. The minimum atomic E-state index is -0.774. The predicted molar refractivity (Wildman–Crippen MR) is 152 cm³/mol. The van der Waals surface area contributed by atoms with Gasteiger partial charge in [-0.3, -0.25) is 4.79 Å².